The van der Waals surface area contributed by atoms with Crippen molar-refractivity contribution in [1.82, 2.24) is 0 Å². The van der Waals surface area contributed by atoms with E-state index < -0.39 is 28.5 Å². The number of carbonyl (C=O) groups excluding carboxylic acids is 2. The number of halogens is 1. The molecule has 0 aliphatic rings. The van der Waals surface area contributed by atoms with Crippen LogP contribution in [0, 0.1) is 11.3 Å². The lowest BCUT2D eigenvalue weighted by atomic mass is 10.2. The number of hydrogen-bond acceptors (Lipinski definition) is 6. The summed E-state index contributed by atoms with van der Waals surface area (Å²) in [5.41, 5.74) is 0.219. The lowest BCUT2D eigenvalue weighted by Crippen LogP contribution is -2.35. The molecule has 0 radical (unpaired) electrons. The predicted molar refractivity (Wildman–Crippen MR) is 97.5 cm³/mol. The summed E-state index contributed by atoms with van der Waals surface area (Å²) in [5.74, 6) is -1.63. The van der Waals surface area contributed by atoms with Crippen LogP contribution in [0.4, 0.5) is 5.69 Å². The summed E-state index contributed by atoms with van der Waals surface area (Å²) in [4.78, 5) is 25.3. The van der Waals surface area contributed by atoms with Crippen LogP contribution in [0.2, 0.25) is 5.02 Å². The molecule has 2 aromatic carbocycles. The summed E-state index contributed by atoms with van der Waals surface area (Å²) in [7, 11) is -4.04. The van der Waals surface area contributed by atoms with E-state index in [1.54, 1.807) is 30.3 Å². The van der Waals surface area contributed by atoms with E-state index in [1.807, 2.05) is 6.07 Å². The Morgan fingerprint density at radius 3 is 2.44 bits per heavy atom. The standard InChI is InChI=1S/C17H14ClN3O5S/c18-15-7-6-13(27(20,24)25)10-14(15)17(23)26-11-16(22)21(9-8-19)12-4-2-1-3-5-12/h1-7,10H,9,11H2,(H2,20,24,25). The molecule has 0 bridgehead atoms. The first-order valence-corrected chi connectivity index (χ1v) is 9.38. The largest absolute Gasteiger partial charge is 0.452 e. The lowest BCUT2D eigenvalue weighted by molar-refractivity contribution is -0.121. The maximum absolute atomic E-state index is 12.3. The Morgan fingerprint density at radius 2 is 1.85 bits per heavy atom. The first-order valence-electron chi connectivity index (χ1n) is 7.46. The van der Waals surface area contributed by atoms with Crippen molar-refractivity contribution in [2.75, 3.05) is 18.1 Å². The van der Waals surface area contributed by atoms with Gasteiger partial charge in [0.1, 0.15) is 6.54 Å². The molecule has 2 aromatic rings. The van der Waals surface area contributed by atoms with E-state index >= 15 is 0 Å². The minimum absolute atomic E-state index is 0.0585. The Labute approximate surface area is 160 Å². The van der Waals surface area contributed by atoms with E-state index in [0.717, 1.165) is 17.0 Å². The number of primary sulfonamides is 1. The van der Waals surface area contributed by atoms with E-state index in [2.05, 4.69) is 0 Å². The van der Waals surface area contributed by atoms with Gasteiger partial charge in [-0.2, -0.15) is 5.26 Å². The van der Waals surface area contributed by atoms with Crippen LogP contribution in [0.1, 0.15) is 10.4 Å². The third kappa shape index (κ3) is 5.27. The van der Waals surface area contributed by atoms with E-state index in [0.29, 0.717) is 5.69 Å². The second kappa shape index (κ2) is 8.64. The van der Waals surface area contributed by atoms with Crippen LogP contribution in [0.15, 0.2) is 53.4 Å². The molecule has 0 spiro atoms. The van der Waals surface area contributed by atoms with Crippen LogP contribution in [0.25, 0.3) is 0 Å². The summed E-state index contributed by atoms with van der Waals surface area (Å²) in [6.07, 6.45) is 0. The Hall–Kier alpha value is -2.93. The number of amides is 1. The van der Waals surface area contributed by atoms with Gasteiger partial charge in [-0.3, -0.25) is 9.69 Å². The number of carbonyl (C=O) groups is 2. The number of sulfonamides is 1. The quantitative estimate of drug-likeness (QED) is 0.572. The van der Waals surface area contributed by atoms with Crippen LogP contribution in [-0.2, 0) is 19.6 Å². The zero-order chi connectivity index (χ0) is 20.0. The number of nitrogens with two attached hydrogens (primary N) is 1. The molecule has 27 heavy (non-hydrogen) atoms. The smallest absolute Gasteiger partial charge is 0.340 e. The normalized spacial score (nSPS) is 10.7. The molecule has 2 rings (SSSR count). The molecule has 0 aromatic heterocycles. The van der Waals surface area contributed by atoms with Gasteiger partial charge in [-0.1, -0.05) is 29.8 Å². The Kier molecular flexibility index (Phi) is 6.52. The summed E-state index contributed by atoms with van der Waals surface area (Å²) in [6, 6.07) is 13.5. The number of rotatable bonds is 6. The minimum atomic E-state index is -4.04. The second-order valence-corrected chi connectivity index (χ2v) is 7.20. The first kappa shape index (κ1) is 20.4. The van der Waals surface area contributed by atoms with Crippen LogP contribution in [-0.4, -0.2) is 33.4 Å². The number of nitrogens with zero attached hydrogens (tertiary/aromatic N) is 2. The molecule has 2 N–H and O–H groups in total. The lowest BCUT2D eigenvalue weighted by Gasteiger charge is -2.19. The molecule has 0 saturated carbocycles. The molecule has 0 heterocycles. The molecule has 0 aliphatic heterocycles. The highest BCUT2D eigenvalue weighted by atomic mass is 35.5. The fourth-order valence-corrected chi connectivity index (χ4v) is 2.86. The van der Waals surface area contributed by atoms with Gasteiger partial charge in [-0.05, 0) is 30.3 Å². The molecule has 0 atom stereocenters. The molecular formula is C17H14ClN3O5S. The maximum Gasteiger partial charge on any atom is 0.340 e. The maximum atomic E-state index is 12.3. The number of anilines is 1. The average Bonchev–Trinajstić information content (AvgIpc) is 2.64. The van der Waals surface area contributed by atoms with Gasteiger partial charge in [0.15, 0.2) is 6.61 Å². The molecule has 0 aliphatic carbocycles. The minimum Gasteiger partial charge on any atom is -0.452 e. The molecule has 0 fully saturated rings. The Balaban J connectivity index is 2.15. The molecule has 0 unspecified atom stereocenters. The number of para-hydroxylation sites is 1. The molecule has 1 amide bonds. The molecular weight excluding hydrogens is 394 g/mol. The molecule has 140 valence electrons. The van der Waals surface area contributed by atoms with Gasteiger partial charge in [0.05, 0.1) is 21.6 Å². The van der Waals surface area contributed by atoms with Gasteiger partial charge in [-0.15, -0.1) is 0 Å². The fraction of sp³-hybridized carbons (Fsp3) is 0.118. The topological polar surface area (TPSA) is 131 Å². The monoisotopic (exact) mass is 407 g/mol. The van der Waals surface area contributed by atoms with Crippen LogP contribution < -0.4 is 10.0 Å². The highest BCUT2D eigenvalue weighted by molar-refractivity contribution is 7.89. The van der Waals surface area contributed by atoms with Crippen LogP contribution in [0.3, 0.4) is 0 Å². The van der Waals surface area contributed by atoms with Gasteiger partial charge in [0.25, 0.3) is 5.91 Å². The Morgan fingerprint density at radius 1 is 1.19 bits per heavy atom. The number of esters is 1. The summed E-state index contributed by atoms with van der Waals surface area (Å²) in [5, 5.41) is 13.9. The molecule has 10 heteroatoms. The first-order chi connectivity index (χ1) is 12.7. The van der Waals surface area contributed by atoms with E-state index in [4.69, 9.17) is 26.7 Å². The van der Waals surface area contributed by atoms with Crippen LogP contribution in [0.5, 0.6) is 0 Å². The zero-order valence-corrected chi connectivity index (χ0v) is 15.4. The van der Waals surface area contributed by atoms with Crippen molar-refractivity contribution < 1.29 is 22.7 Å². The van der Waals surface area contributed by atoms with E-state index in [1.165, 1.54) is 6.07 Å². The Bertz CT molecular complexity index is 1000. The summed E-state index contributed by atoms with van der Waals surface area (Å²) >= 11 is 5.89. The third-order valence-corrected chi connectivity index (χ3v) is 4.65. The summed E-state index contributed by atoms with van der Waals surface area (Å²) < 4.78 is 27.7. The van der Waals surface area contributed by atoms with Crippen molar-refractivity contribution in [2.24, 2.45) is 5.14 Å². The predicted octanol–water partition coefficient (Wildman–Crippen LogP) is 1.70. The number of ether oxygens (including phenoxy) is 1. The number of benzene rings is 2. The van der Waals surface area contributed by atoms with Gasteiger partial charge >= 0.3 is 5.97 Å². The van der Waals surface area contributed by atoms with Crippen molar-refractivity contribution in [3.8, 4) is 6.07 Å². The number of hydrogen-bond donors (Lipinski definition) is 1. The van der Waals surface area contributed by atoms with E-state index in [9.17, 15) is 18.0 Å². The second-order valence-electron chi connectivity index (χ2n) is 5.24. The molecule has 0 saturated heterocycles. The van der Waals surface area contributed by atoms with Crippen molar-refractivity contribution in [3.63, 3.8) is 0 Å². The SMILES string of the molecule is N#CCN(C(=O)COC(=O)c1cc(S(N)(=O)=O)ccc1Cl)c1ccccc1. The highest BCUT2D eigenvalue weighted by Crippen LogP contribution is 2.21. The number of nitriles is 1. The van der Waals surface area contributed by atoms with Crippen molar-refractivity contribution >= 4 is 39.2 Å². The van der Waals surface area contributed by atoms with Gasteiger partial charge in [0, 0.05) is 5.69 Å². The fourth-order valence-electron chi connectivity index (χ4n) is 2.12. The third-order valence-electron chi connectivity index (χ3n) is 3.41. The van der Waals surface area contributed by atoms with E-state index in [-0.39, 0.29) is 22.0 Å². The summed E-state index contributed by atoms with van der Waals surface area (Å²) in [6.45, 7) is -0.895. The van der Waals surface area contributed by atoms with Crippen molar-refractivity contribution in [3.05, 3.63) is 59.1 Å². The van der Waals surface area contributed by atoms with Gasteiger partial charge in [0.2, 0.25) is 10.0 Å². The van der Waals surface area contributed by atoms with Crippen molar-refractivity contribution in [1.29, 1.82) is 5.26 Å². The van der Waals surface area contributed by atoms with Gasteiger partial charge in [-0.25, -0.2) is 18.4 Å². The van der Waals surface area contributed by atoms with Gasteiger partial charge < -0.3 is 4.74 Å². The highest BCUT2D eigenvalue weighted by Gasteiger charge is 2.20. The zero-order valence-electron chi connectivity index (χ0n) is 13.8. The average molecular weight is 408 g/mol. The van der Waals surface area contributed by atoms with Crippen LogP contribution >= 0.6 is 11.6 Å². The van der Waals surface area contributed by atoms with Crippen molar-refractivity contribution in [2.45, 2.75) is 4.90 Å². The molecule has 8 nitrogen and oxygen atoms in total.